The van der Waals surface area contributed by atoms with Crippen LogP contribution in [0.2, 0.25) is 0 Å². The molecule has 2 aromatic rings. The van der Waals surface area contributed by atoms with Gasteiger partial charge in [0, 0.05) is 25.2 Å². The molecule has 2 aromatic heterocycles. The highest BCUT2D eigenvalue weighted by molar-refractivity contribution is 5.63. The van der Waals surface area contributed by atoms with Crippen molar-refractivity contribution in [3.8, 4) is 5.69 Å². The summed E-state index contributed by atoms with van der Waals surface area (Å²) >= 11 is 0. The van der Waals surface area contributed by atoms with E-state index in [1.54, 1.807) is 23.3 Å². The van der Waals surface area contributed by atoms with E-state index in [9.17, 15) is 9.18 Å². The second-order valence-corrected chi connectivity index (χ2v) is 5.41. The first kappa shape index (κ1) is 13.7. The molecule has 0 spiro atoms. The van der Waals surface area contributed by atoms with Crippen LogP contribution >= 0.6 is 0 Å². The molecule has 21 heavy (non-hydrogen) atoms. The lowest BCUT2D eigenvalue weighted by molar-refractivity contribution is -0.111. The number of hydrogen-bond acceptors (Lipinski definition) is 4. The lowest BCUT2D eigenvalue weighted by Crippen LogP contribution is -2.35. The number of aromatic nitrogens is 3. The molecular weight excluding hydrogens is 271 g/mol. The van der Waals surface area contributed by atoms with Crippen molar-refractivity contribution in [3.63, 3.8) is 0 Å². The minimum Gasteiger partial charge on any atom is -0.368 e. The van der Waals surface area contributed by atoms with Crippen molar-refractivity contribution in [2.45, 2.75) is 19.8 Å². The first-order valence-corrected chi connectivity index (χ1v) is 7.04. The summed E-state index contributed by atoms with van der Waals surface area (Å²) in [6.07, 6.45) is 8.95. The SMILES string of the molecule is Cc1cnn(-c2c(F)cncc2N2CCC(C=O)CC2)c1. The number of anilines is 1. The molecule has 110 valence electrons. The number of piperidine rings is 1. The van der Waals surface area contributed by atoms with Gasteiger partial charge in [0.2, 0.25) is 0 Å². The molecule has 1 saturated heterocycles. The Hall–Kier alpha value is -2.24. The highest BCUT2D eigenvalue weighted by atomic mass is 19.1. The Labute approximate surface area is 122 Å². The van der Waals surface area contributed by atoms with Gasteiger partial charge in [0.15, 0.2) is 5.82 Å². The van der Waals surface area contributed by atoms with Gasteiger partial charge in [0.25, 0.3) is 0 Å². The van der Waals surface area contributed by atoms with Gasteiger partial charge in [0.05, 0.1) is 24.3 Å². The minimum atomic E-state index is -0.395. The molecule has 3 rings (SSSR count). The molecule has 0 aromatic carbocycles. The molecule has 3 heterocycles. The molecule has 0 bridgehead atoms. The summed E-state index contributed by atoms with van der Waals surface area (Å²) in [5.74, 6) is -0.286. The van der Waals surface area contributed by atoms with Crippen molar-refractivity contribution >= 4 is 12.0 Å². The molecule has 0 atom stereocenters. The maximum Gasteiger partial charge on any atom is 0.169 e. The zero-order chi connectivity index (χ0) is 14.8. The maximum atomic E-state index is 14.2. The van der Waals surface area contributed by atoms with Crippen LogP contribution in [-0.2, 0) is 4.79 Å². The predicted octanol–water partition coefficient (Wildman–Crippen LogP) is 2.13. The van der Waals surface area contributed by atoms with Crippen LogP contribution in [0.5, 0.6) is 0 Å². The largest absolute Gasteiger partial charge is 0.368 e. The van der Waals surface area contributed by atoms with Gasteiger partial charge in [-0.15, -0.1) is 0 Å². The van der Waals surface area contributed by atoms with Gasteiger partial charge in [0.1, 0.15) is 12.0 Å². The quantitative estimate of drug-likeness (QED) is 0.812. The predicted molar refractivity (Wildman–Crippen MR) is 77.1 cm³/mol. The van der Waals surface area contributed by atoms with E-state index in [0.717, 1.165) is 43.5 Å². The van der Waals surface area contributed by atoms with E-state index in [2.05, 4.69) is 15.0 Å². The van der Waals surface area contributed by atoms with E-state index in [1.807, 2.05) is 6.92 Å². The standard InChI is InChI=1S/C15H17FN4O/c1-11-6-18-20(9-11)15-13(16)7-17-8-14(15)19-4-2-12(10-21)3-5-19/h6-10,12H,2-5H2,1H3. The number of carbonyl (C=O) groups excluding carboxylic acids is 1. The molecule has 0 N–H and O–H groups in total. The minimum absolute atomic E-state index is 0.109. The lowest BCUT2D eigenvalue weighted by Gasteiger charge is -2.32. The van der Waals surface area contributed by atoms with Gasteiger partial charge < -0.3 is 9.69 Å². The molecule has 0 aliphatic carbocycles. The number of hydrogen-bond donors (Lipinski definition) is 0. The summed E-state index contributed by atoms with van der Waals surface area (Å²) < 4.78 is 15.8. The molecule has 0 saturated carbocycles. The Morgan fingerprint density at radius 3 is 2.67 bits per heavy atom. The Morgan fingerprint density at radius 1 is 1.29 bits per heavy atom. The fraction of sp³-hybridized carbons (Fsp3) is 0.400. The molecule has 1 aliphatic heterocycles. The summed E-state index contributed by atoms with van der Waals surface area (Å²) in [6.45, 7) is 3.36. The molecule has 1 fully saturated rings. The monoisotopic (exact) mass is 288 g/mol. The van der Waals surface area contributed by atoms with Crippen LogP contribution in [0.4, 0.5) is 10.1 Å². The topological polar surface area (TPSA) is 51.0 Å². The summed E-state index contributed by atoms with van der Waals surface area (Å²) in [7, 11) is 0. The highest BCUT2D eigenvalue weighted by Crippen LogP contribution is 2.29. The third kappa shape index (κ3) is 2.66. The number of pyridine rings is 1. The van der Waals surface area contributed by atoms with Crippen LogP contribution in [0.3, 0.4) is 0 Å². The van der Waals surface area contributed by atoms with Gasteiger partial charge in [-0.3, -0.25) is 4.98 Å². The number of carbonyl (C=O) groups is 1. The summed E-state index contributed by atoms with van der Waals surface area (Å²) in [6, 6.07) is 0. The third-order valence-corrected chi connectivity index (χ3v) is 3.87. The first-order chi connectivity index (χ1) is 10.2. The average molecular weight is 288 g/mol. The van der Waals surface area contributed by atoms with Crippen LogP contribution in [-0.4, -0.2) is 34.1 Å². The van der Waals surface area contributed by atoms with E-state index in [0.29, 0.717) is 5.69 Å². The van der Waals surface area contributed by atoms with Gasteiger partial charge >= 0.3 is 0 Å². The Morgan fingerprint density at radius 2 is 2.05 bits per heavy atom. The number of rotatable bonds is 3. The Kier molecular flexibility index (Phi) is 3.68. The number of aryl methyl sites for hydroxylation is 1. The Bertz CT molecular complexity index is 647. The van der Waals surface area contributed by atoms with Gasteiger partial charge in [-0.2, -0.15) is 5.10 Å². The maximum absolute atomic E-state index is 14.2. The Balaban J connectivity index is 1.96. The van der Waals surface area contributed by atoms with Crippen LogP contribution in [0.15, 0.2) is 24.8 Å². The zero-order valence-electron chi connectivity index (χ0n) is 11.9. The summed E-state index contributed by atoms with van der Waals surface area (Å²) in [4.78, 5) is 16.9. The van der Waals surface area contributed by atoms with Gasteiger partial charge in [-0.05, 0) is 25.3 Å². The fourth-order valence-electron chi connectivity index (χ4n) is 2.69. The van der Waals surface area contributed by atoms with Crippen molar-refractivity contribution in [2.24, 2.45) is 5.92 Å². The molecule has 6 heteroatoms. The highest BCUT2D eigenvalue weighted by Gasteiger charge is 2.23. The van der Waals surface area contributed by atoms with Gasteiger partial charge in [-0.1, -0.05) is 0 Å². The normalized spacial score (nSPS) is 16.2. The average Bonchev–Trinajstić information content (AvgIpc) is 2.93. The van der Waals surface area contributed by atoms with E-state index >= 15 is 0 Å². The number of aldehydes is 1. The van der Waals surface area contributed by atoms with Crippen molar-refractivity contribution in [1.29, 1.82) is 0 Å². The smallest absolute Gasteiger partial charge is 0.169 e. The number of nitrogens with zero attached hydrogens (tertiary/aromatic N) is 4. The van der Waals surface area contributed by atoms with Crippen molar-refractivity contribution in [2.75, 3.05) is 18.0 Å². The fourth-order valence-corrected chi connectivity index (χ4v) is 2.69. The first-order valence-electron chi connectivity index (χ1n) is 7.04. The third-order valence-electron chi connectivity index (χ3n) is 3.87. The van der Waals surface area contributed by atoms with Crippen LogP contribution < -0.4 is 4.90 Å². The van der Waals surface area contributed by atoms with Crippen molar-refractivity contribution in [3.05, 3.63) is 36.2 Å². The molecular formula is C15H17FN4O. The van der Waals surface area contributed by atoms with E-state index in [-0.39, 0.29) is 5.92 Å². The van der Waals surface area contributed by atoms with E-state index in [1.165, 1.54) is 6.20 Å². The van der Waals surface area contributed by atoms with E-state index < -0.39 is 5.82 Å². The molecule has 1 aliphatic rings. The van der Waals surface area contributed by atoms with Crippen molar-refractivity contribution in [1.82, 2.24) is 14.8 Å². The van der Waals surface area contributed by atoms with Gasteiger partial charge in [-0.25, -0.2) is 9.07 Å². The molecule has 0 amide bonds. The van der Waals surface area contributed by atoms with Crippen molar-refractivity contribution < 1.29 is 9.18 Å². The summed E-state index contributed by atoms with van der Waals surface area (Å²) in [5, 5.41) is 4.20. The van der Waals surface area contributed by atoms with Crippen LogP contribution in [0.1, 0.15) is 18.4 Å². The molecule has 5 nitrogen and oxygen atoms in total. The summed E-state index contributed by atoms with van der Waals surface area (Å²) in [5.41, 5.74) is 2.11. The van der Waals surface area contributed by atoms with Crippen LogP contribution in [0.25, 0.3) is 5.69 Å². The van der Waals surface area contributed by atoms with Crippen LogP contribution in [0, 0.1) is 18.7 Å². The second-order valence-electron chi connectivity index (χ2n) is 5.41. The lowest BCUT2D eigenvalue weighted by atomic mass is 9.98. The zero-order valence-corrected chi connectivity index (χ0v) is 11.9. The number of halogens is 1. The van der Waals surface area contributed by atoms with E-state index in [4.69, 9.17) is 0 Å². The molecule has 0 radical (unpaired) electrons. The second kappa shape index (κ2) is 5.63. The molecule has 0 unspecified atom stereocenters.